The monoisotopic (exact) mass is 260 g/mol. The Hall–Kier alpha value is -0.0400. The van der Waals surface area contributed by atoms with E-state index in [1.807, 2.05) is 0 Å². The van der Waals surface area contributed by atoms with Crippen LogP contribution in [0.15, 0.2) is 0 Å². The molecule has 0 aromatic carbocycles. The van der Waals surface area contributed by atoms with Gasteiger partial charge in [-0.1, -0.05) is 58.3 Å². The van der Waals surface area contributed by atoms with Crippen LogP contribution in [0.5, 0.6) is 0 Å². The molecule has 1 nitrogen and oxygen atoms in total. The van der Waals surface area contributed by atoms with Gasteiger partial charge in [-0.2, -0.15) is 0 Å². The molecular weight excluding hydrogens is 232 g/mol. The van der Waals surface area contributed by atoms with Crippen LogP contribution in [-0.4, -0.2) is 12.2 Å². The van der Waals surface area contributed by atoms with Gasteiger partial charge in [0, 0.05) is 11.8 Å². The third-order valence-electron chi connectivity index (χ3n) is 3.33. The molecule has 1 unspecified atom stereocenters. The lowest BCUT2D eigenvalue weighted by atomic mass is 9.97. The summed E-state index contributed by atoms with van der Waals surface area (Å²) in [5.41, 5.74) is 0. The molecule has 0 aliphatic rings. The first-order valence-electron chi connectivity index (χ1n) is 7.36. The molecule has 0 spiro atoms. The molecule has 102 valence electrons. The molecule has 0 saturated heterocycles. The van der Waals surface area contributed by atoms with Crippen molar-refractivity contribution >= 4 is 17.9 Å². The van der Waals surface area contributed by atoms with Crippen LogP contribution in [-0.2, 0) is 4.79 Å². The minimum Gasteiger partial charge on any atom is -0.303 e. The van der Waals surface area contributed by atoms with Crippen LogP contribution in [0.2, 0.25) is 0 Å². The summed E-state index contributed by atoms with van der Waals surface area (Å²) in [6.45, 7) is 2.25. The third kappa shape index (κ3) is 12.2. The van der Waals surface area contributed by atoms with E-state index in [1.54, 1.807) is 0 Å². The second kappa shape index (κ2) is 14.0. The fourth-order valence-electron chi connectivity index (χ4n) is 2.16. The molecule has 1 atom stereocenters. The van der Waals surface area contributed by atoms with Crippen molar-refractivity contribution in [3.8, 4) is 0 Å². The van der Waals surface area contributed by atoms with Gasteiger partial charge in [0.05, 0.1) is 0 Å². The van der Waals surface area contributed by atoms with Gasteiger partial charge in [-0.15, -0.1) is 11.6 Å². The Morgan fingerprint density at radius 1 is 0.882 bits per heavy atom. The minimum atomic E-state index is 0.258. The Kier molecular flexibility index (Phi) is 14.0. The van der Waals surface area contributed by atoms with E-state index in [-0.39, 0.29) is 5.92 Å². The van der Waals surface area contributed by atoms with Crippen LogP contribution in [0.1, 0.15) is 77.6 Å². The predicted molar refractivity (Wildman–Crippen MR) is 76.7 cm³/mol. The maximum atomic E-state index is 10.8. The van der Waals surface area contributed by atoms with Gasteiger partial charge in [0.25, 0.3) is 0 Å². The summed E-state index contributed by atoms with van der Waals surface area (Å²) in [5.74, 6) is 0.940. The molecule has 0 fully saturated rings. The molecule has 0 aliphatic carbocycles. The van der Waals surface area contributed by atoms with E-state index in [0.717, 1.165) is 25.5 Å². The summed E-state index contributed by atoms with van der Waals surface area (Å²) in [6, 6.07) is 0. The molecule has 0 bridgehead atoms. The molecule has 0 radical (unpaired) electrons. The molecule has 0 rings (SSSR count). The van der Waals surface area contributed by atoms with Gasteiger partial charge in [0.1, 0.15) is 6.29 Å². The van der Waals surface area contributed by atoms with E-state index in [4.69, 9.17) is 11.6 Å². The Balaban J connectivity index is 3.22. The van der Waals surface area contributed by atoms with Crippen LogP contribution in [0, 0.1) is 5.92 Å². The highest BCUT2D eigenvalue weighted by atomic mass is 35.5. The van der Waals surface area contributed by atoms with Crippen molar-refractivity contribution in [2.24, 2.45) is 5.92 Å². The molecule has 17 heavy (non-hydrogen) atoms. The number of aldehydes is 1. The first-order valence-corrected chi connectivity index (χ1v) is 7.89. The van der Waals surface area contributed by atoms with E-state index in [9.17, 15) is 4.79 Å². The Morgan fingerprint density at radius 3 is 1.94 bits per heavy atom. The van der Waals surface area contributed by atoms with E-state index in [0.29, 0.717) is 5.88 Å². The molecule has 0 aromatic rings. The summed E-state index contributed by atoms with van der Waals surface area (Å²) in [4.78, 5) is 10.8. The first kappa shape index (κ1) is 17.0. The van der Waals surface area contributed by atoms with Gasteiger partial charge in [-0.25, -0.2) is 0 Å². The molecule has 0 amide bonds. The van der Waals surface area contributed by atoms with Crippen LogP contribution >= 0.6 is 11.6 Å². The zero-order valence-electron chi connectivity index (χ0n) is 11.4. The molecule has 0 aromatic heterocycles. The topological polar surface area (TPSA) is 17.1 Å². The van der Waals surface area contributed by atoms with Crippen molar-refractivity contribution in [1.82, 2.24) is 0 Å². The molecular formula is C15H29ClO. The number of hydrogen-bond acceptors (Lipinski definition) is 1. The number of unbranched alkanes of at least 4 members (excludes halogenated alkanes) is 7. The second-order valence-electron chi connectivity index (χ2n) is 4.99. The minimum absolute atomic E-state index is 0.258. The van der Waals surface area contributed by atoms with Crippen molar-refractivity contribution in [3.05, 3.63) is 0 Å². The Morgan fingerprint density at radius 2 is 1.41 bits per heavy atom. The van der Waals surface area contributed by atoms with Gasteiger partial charge in [-0.3, -0.25) is 0 Å². The number of halogens is 1. The lowest BCUT2D eigenvalue weighted by molar-refractivity contribution is -0.111. The van der Waals surface area contributed by atoms with Crippen molar-refractivity contribution < 1.29 is 4.79 Å². The van der Waals surface area contributed by atoms with Crippen molar-refractivity contribution in [3.63, 3.8) is 0 Å². The predicted octanol–water partition coefficient (Wildman–Crippen LogP) is 5.35. The van der Waals surface area contributed by atoms with E-state index in [2.05, 4.69) is 6.92 Å². The SMILES string of the molecule is CCCCCCCCCCC(C=O)CCCCl. The normalized spacial score (nSPS) is 12.6. The summed E-state index contributed by atoms with van der Waals surface area (Å²) in [6.07, 6.45) is 14.8. The summed E-state index contributed by atoms with van der Waals surface area (Å²) in [5, 5.41) is 0. The largest absolute Gasteiger partial charge is 0.303 e. The van der Waals surface area contributed by atoms with Gasteiger partial charge < -0.3 is 4.79 Å². The average Bonchev–Trinajstić information content (AvgIpc) is 2.36. The number of rotatable bonds is 13. The highest BCUT2D eigenvalue weighted by Gasteiger charge is 2.05. The molecule has 0 aliphatic heterocycles. The smallest absolute Gasteiger partial charge is 0.123 e. The van der Waals surface area contributed by atoms with Crippen molar-refractivity contribution in [2.45, 2.75) is 77.6 Å². The standard InChI is InChI=1S/C15H29ClO/c1-2-3-4-5-6-7-8-9-11-15(14-17)12-10-13-16/h14-15H,2-13H2,1H3. The zero-order chi connectivity index (χ0) is 12.8. The van der Waals surface area contributed by atoms with Crippen LogP contribution < -0.4 is 0 Å². The fraction of sp³-hybridized carbons (Fsp3) is 0.933. The molecule has 0 heterocycles. The molecule has 0 N–H and O–H groups in total. The van der Waals surface area contributed by atoms with Gasteiger partial charge >= 0.3 is 0 Å². The third-order valence-corrected chi connectivity index (χ3v) is 3.60. The summed E-state index contributed by atoms with van der Waals surface area (Å²) < 4.78 is 0. The lowest BCUT2D eigenvalue weighted by Gasteiger charge is -2.08. The molecule has 0 saturated carbocycles. The quantitative estimate of drug-likeness (QED) is 0.248. The highest BCUT2D eigenvalue weighted by molar-refractivity contribution is 6.17. The van der Waals surface area contributed by atoms with Gasteiger partial charge in [0.15, 0.2) is 0 Å². The maximum absolute atomic E-state index is 10.8. The highest BCUT2D eigenvalue weighted by Crippen LogP contribution is 2.15. The van der Waals surface area contributed by atoms with Crippen molar-refractivity contribution in [1.29, 1.82) is 0 Å². The van der Waals surface area contributed by atoms with Crippen molar-refractivity contribution in [2.75, 3.05) is 5.88 Å². The zero-order valence-corrected chi connectivity index (χ0v) is 12.2. The Bertz CT molecular complexity index is 159. The Labute approximate surface area is 112 Å². The number of alkyl halides is 1. The second-order valence-corrected chi connectivity index (χ2v) is 5.37. The summed E-state index contributed by atoms with van der Waals surface area (Å²) in [7, 11) is 0. The summed E-state index contributed by atoms with van der Waals surface area (Å²) >= 11 is 5.63. The van der Waals surface area contributed by atoms with E-state index < -0.39 is 0 Å². The fourth-order valence-corrected chi connectivity index (χ4v) is 2.31. The first-order chi connectivity index (χ1) is 8.35. The van der Waals surface area contributed by atoms with Crippen LogP contribution in [0.4, 0.5) is 0 Å². The maximum Gasteiger partial charge on any atom is 0.123 e. The molecule has 2 heteroatoms. The van der Waals surface area contributed by atoms with Gasteiger partial charge in [-0.05, 0) is 19.3 Å². The lowest BCUT2D eigenvalue weighted by Crippen LogP contribution is -2.02. The van der Waals surface area contributed by atoms with E-state index in [1.165, 1.54) is 51.4 Å². The number of carbonyl (C=O) groups is 1. The number of hydrogen-bond donors (Lipinski definition) is 0. The van der Waals surface area contributed by atoms with E-state index >= 15 is 0 Å². The number of carbonyl (C=O) groups excluding carboxylic acids is 1. The van der Waals surface area contributed by atoms with Crippen LogP contribution in [0.3, 0.4) is 0 Å². The average molecular weight is 261 g/mol. The van der Waals surface area contributed by atoms with Gasteiger partial charge in [0.2, 0.25) is 0 Å². The van der Waals surface area contributed by atoms with Crippen LogP contribution in [0.25, 0.3) is 0 Å².